The van der Waals surface area contributed by atoms with Crippen molar-refractivity contribution in [1.29, 1.82) is 0 Å². The summed E-state index contributed by atoms with van der Waals surface area (Å²) in [4.78, 5) is 25.0. The van der Waals surface area contributed by atoms with Gasteiger partial charge in [-0.3, -0.25) is 4.79 Å². The SMILES string of the molecule is CCCCCCCCCCCCCCCC(=O)N/N=C/c1cc(Br)ccc1OC(=O)c1ccc(OC)c(OC)c1. The molecular formula is C32H45BrN2O5. The summed E-state index contributed by atoms with van der Waals surface area (Å²) < 4.78 is 16.9. The zero-order chi connectivity index (χ0) is 29.0. The van der Waals surface area contributed by atoms with E-state index in [2.05, 4.69) is 33.4 Å². The molecule has 2 rings (SSSR count). The van der Waals surface area contributed by atoms with Gasteiger partial charge in [-0.2, -0.15) is 5.10 Å². The second-order valence-electron chi connectivity index (χ2n) is 9.93. The highest BCUT2D eigenvalue weighted by molar-refractivity contribution is 9.10. The van der Waals surface area contributed by atoms with Crippen LogP contribution in [-0.4, -0.2) is 32.3 Å². The molecule has 0 spiro atoms. The number of methoxy groups -OCH3 is 2. The number of nitrogens with one attached hydrogen (secondary N) is 1. The Morgan fingerprint density at radius 2 is 1.35 bits per heavy atom. The molecule has 40 heavy (non-hydrogen) atoms. The van der Waals surface area contributed by atoms with Gasteiger partial charge in [-0.25, -0.2) is 10.2 Å². The molecule has 0 bridgehead atoms. The van der Waals surface area contributed by atoms with Crippen LogP contribution >= 0.6 is 15.9 Å². The van der Waals surface area contributed by atoms with Crippen LogP contribution in [0.1, 0.15) is 113 Å². The summed E-state index contributed by atoms with van der Waals surface area (Å²) in [5.74, 6) is 0.589. The van der Waals surface area contributed by atoms with Gasteiger partial charge in [0.1, 0.15) is 5.75 Å². The molecule has 0 atom stereocenters. The van der Waals surface area contributed by atoms with Gasteiger partial charge in [0.05, 0.1) is 26.0 Å². The lowest BCUT2D eigenvalue weighted by Gasteiger charge is -2.11. The Balaban J connectivity index is 1.70. The first kappa shape index (κ1) is 33.3. The summed E-state index contributed by atoms with van der Waals surface area (Å²) in [5.41, 5.74) is 3.44. The number of esters is 1. The summed E-state index contributed by atoms with van der Waals surface area (Å²) >= 11 is 3.43. The zero-order valence-electron chi connectivity index (χ0n) is 24.3. The lowest BCUT2D eigenvalue weighted by molar-refractivity contribution is -0.121. The number of amides is 1. The highest BCUT2D eigenvalue weighted by atomic mass is 79.9. The number of unbranched alkanes of at least 4 members (excludes halogenated alkanes) is 12. The fraction of sp³-hybridized carbons (Fsp3) is 0.531. The Morgan fingerprint density at radius 3 is 1.95 bits per heavy atom. The average molecular weight is 618 g/mol. The molecule has 7 nitrogen and oxygen atoms in total. The summed E-state index contributed by atoms with van der Waals surface area (Å²) in [6.07, 6.45) is 18.4. The standard InChI is InChI=1S/C32H45BrN2O5/c1-4-5-6-7-8-9-10-11-12-13-14-15-16-17-31(36)35-34-24-26-22-27(33)19-21-28(26)40-32(37)25-18-20-29(38-2)30(23-25)39-3/h18-24H,4-17H2,1-3H3,(H,35,36)/b34-24+. The Morgan fingerprint density at radius 1 is 0.775 bits per heavy atom. The third-order valence-electron chi connectivity index (χ3n) is 6.69. The number of nitrogens with zero attached hydrogens (tertiary/aromatic N) is 1. The van der Waals surface area contributed by atoms with Crippen LogP contribution in [0.2, 0.25) is 0 Å². The number of hydrogen-bond donors (Lipinski definition) is 1. The second-order valence-corrected chi connectivity index (χ2v) is 10.8. The van der Waals surface area contributed by atoms with Gasteiger partial charge in [-0.1, -0.05) is 99.9 Å². The number of carbonyl (C=O) groups excluding carboxylic acids is 2. The molecule has 0 saturated carbocycles. The molecule has 0 radical (unpaired) electrons. The van der Waals surface area contributed by atoms with Gasteiger partial charge in [-0.15, -0.1) is 0 Å². The number of ether oxygens (including phenoxy) is 3. The average Bonchev–Trinajstić information content (AvgIpc) is 2.96. The molecule has 220 valence electrons. The Bertz CT molecular complexity index is 1070. The maximum absolute atomic E-state index is 12.8. The van der Waals surface area contributed by atoms with Gasteiger partial charge in [0.2, 0.25) is 5.91 Å². The van der Waals surface area contributed by atoms with Crippen LogP contribution in [0.25, 0.3) is 0 Å². The van der Waals surface area contributed by atoms with Crippen LogP contribution in [0.15, 0.2) is 46.0 Å². The maximum atomic E-state index is 12.8. The molecule has 8 heteroatoms. The number of halogens is 1. The smallest absolute Gasteiger partial charge is 0.343 e. The molecule has 0 heterocycles. The van der Waals surface area contributed by atoms with E-state index in [4.69, 9.17) is 14.2 Å². The van der Waals surface area contributed by atoms with E-state index in [1.54, 1.807) is 36.4 Å². The molecule has 2 aromatic carbocycles. The van der Waals surface area contributed by atoms with E-state index in [0.29, 0.717) is 34.8 Å². The molecule has 0 aliphatic rings. The van der Waals surface area contributed by atoms with Crippen LogP contribution in [0, 0.1) is 0 Å². The molecule has 0 unspecified atom stereocenters. The fourth-order valence-corrected chi connectivity index (χ4v) is 4.75. The molecule has 0 aliphatic heterocycles. The van der Waals surface area contributed by atoms with E-state index in [9.17, 15) is 9.59 Å². The normalized spacial score (nSPS) is 11.0. The first-order chi connectivity index (χ1) is 19.5. The first-order valence-electron chi connectivity index (χ1n) is 14.5. The van der Waals surface area contributed by atoms with Crippen molar-refractivity contribution in [2.45, 2.75) is 96.8 Å². The minimum Gasteiger partial charge on any atom is -0.493 e. The van der Waals surface area contributed by atoms with E-state index in [0.717, 1.165) is 17.3 Å². The minimum atomic E-state index is -0.552. The van der Waals surface area contributed by atoms with Gasteiger partial charge in [0, 0.05) is 16.5 Å². The van der Waals surface area contributed by atoms with Crippen molar-refractivity contribution in [2.75, 3.05) is 14.2 Å². The highest BCUT2D eigenvalue weighted by Crippen LogP contribution is 2.29. The Labute approximate surface area is 248 Å². The molecule has 2 aromatic rings. The third kappa shape index (κ3) is 13.0. The van der Waals surface area contributed by atoms with Gasteiger partial charge in [0.15, 0.2) is 11.5 Å². The number of hydrogen-bond acceptors (Lipinski definition) is 6. The van der Waals surface area contributed by atoms with E-state index in [1.165, 1.54) is 91.1 Å². The van der Waals surface area contributed by atoms with E-state index < -0.39 is 5.97 Å². The van der Waals surface area contributed by atoms with Crippen LogP contribution in [0.4, 0.5) is 0 Å². The molecule has 0 saturated heterocycles. The van der Waals surface area contributed by atoms with Crippen molar-refractivity contribution >= 4 is 34.0 Å². The van der Waals surface area contributed by atoms with E-state index in [-0.39, 0.29) is 5.91 Å². The quantitative estimate of drug-likeness (QED) is 0.0529. The topological polar surface area (TPSA) is 86.2 Å². The van der Waals surface area contributed by atoms with Crippen molar-refractivity contribution in [2.24, 2.45) is 5.10 Å². The molecule has 1 N–H and O–H groups in total. The largest absolute Gasteiger partial charge is 0.493 e. The predicted molar refractivity (Wildman–Crippen MR) is 165 cm³/mol. The van der Waals surface area contributed by atoms with Crippen LogP contribution in [0.5, 0.6) is 17.2 Å². The van der Waals surface area contributed by atoms with E-state index >= 15 is 0 Å². The summed E-state index contributed by atoms with van der Waals surface area (Å²) in [5, 5.41) is 4.08. The second kappa shape index (κ2) is 20.1. The first-order valence-corrected chi connectivity index (χ1v) is 15.3. The number of carbonyl (C=O) groups is 2. The monoisotopic (exact) mass is 616 g/mol. The number of hydrazone groups is 1. The molecule has 0 aromatic heterocycles. The van der Waals surface area contributed by atoms with Gasteiger partial charge in [-0.05, 0) is 42.8 Å². The molecular weight excluding hydrogens is 572 g/mol. The number of rotatable bonds is 20. The van der Waals surface area contributed by atoms with E-state index in [1.807, 2.05) is 0 Å². The van der Waals surface area contributed by atoms with Gasteiger partial charge in [0.25, 0.3) is 0 Å². The van der Waals surface area contributed by atoms with Crippen molar-refractivity contribution < 1.29 is 23.8 Å². The zero-order valence-corrected chi connectivity index (χ0v) is 25.9. The predicted octanol–water partition coefficient (Wildman–Crippen LogP) is 8.62. The van der Waals surface area contributed by atoms with Crippen molar-refractivity contribution in [3.63, 3.8) is 0 Å². The molecule has 0 fully saturated rings. The van der Waals surface area contributed by atoms with Crippen molar-refractivity contribution in [1.82, 2.24) is 5.43 Å². The van der Waals surface area contributed by atoms with Crippen LogP contribution < -0.4 is 19.6 Å². The summed E-state index contributed by atoms with van der Waals surface area (Å²) in [6.45, 7) is 2.26. The molecule has 1 amide bonds. The lowest BCUT2D eigenvalue weighted by atomic mass is 10.0. The van der Waals surface area contributed by atoms with Crippen molar-refractivity contribution in [3.8, 4) is 17.2 Å². The Hall–Kier alpha value is -2.87. The third-order valence-corrected chi connectivity index (χ3v) is 7.19. The van der Waals surface area contributed by atoms with Crippen LogP contribution in [-0.2, 0) is 4.79 Å². The highest BCUT2D eigenvalue weighted by Gasteiger charge is 2.15. The van der Waals surface area contributed by atoms with Crippen LogP contribution in [0.3, 0.4) is 0 Å². The van der Waals surface area contributed by atoms with Gasteiger partial charge >= 0.3 is 5.97 Å². The number of benzene rings is 2. The lowest BCUT2D eigenvalue weighted by Crippen LogP contribution is -2.17. The Kier molecular flexibility index (Phi) is 16.7. The maximum Gasteiger partial charge on any atom is 0.343 e. The van der Waals surface area contributed by atoms with Crippen molar-refractivity contribution in [3.05, 3.63) is 52.0 Å². The summed E-state index contributed by atoms with van der Waals surface area (Å²) in [6, 6.07) is 10.0. The minimum absolute atomic E-state index is 0.127. The van der Waals surface area contributed by atoms with Gasteiger partial charge < -0.3 is 14.2 Å². The summed E-state index contributed by atoms with van der Waals surface area (Å²) in [7, 11) is 3.03. The molecule has 0 aliphatic carbocycles. The fourth-order valence-electron chi connectivity index (χ4n) is 4.37.